The molecule has 0 saturated heterocycles. The molecule has 4 heteroatoms. The van der Waals surface area contributed by atoms with Crippen molar-refractivity contribution in [3.8, 4) is 6.07 Å². The van der Waals surface area contributed by atoms with Gasteiger partial charge in [-0.1, -0.05) is 0 Å². The molecule has 0 spiro atoms. The molecule has 1 aromatic heterocycles. The van der Waals surface area contributed by atoms with Gasteiger partial charge in [0.25, 0.3) is 0 Å². The highest BCUT2D eigenvalue weighted by molar-refractivity contribution is 5.05. The Morgan fingerprint density at radius 2 is 2.33 bits per heavy atom. The summed E-state index contributed by atoms with van der Waals surface area (Å²) in [5, 5.41) is 17.6. The lowest BCUT2D eigenvalue weighted by Crippen LogP contribution is -2.00. The second-order valence-electron chi connectivity index (χ2n) is 2.46. The van der Waals surface area contributed by atoms with Gasteiger partial charge < -0.3 is 5.11 Å². The number of aryl methyl sites for hydroxylation is 1. The van der Waals surface area contributed by atoms with Gasteiger partial charge in [0.1, 0.15) is 6.10 Å². The van der Waals surface area contributed by atoms with E-state index in [9.17, 15) is 5.11 Å². The quantitative estimate of drug-likeness (QED) is 0.697. The van der Waals surface area contributed by atoms with Gasteiger partial charge in [-0.3, -0.25) is 9.97 Å². The molecule has 4 nitrogen and oxygen atoms in total. The number of nitrogens with zero attached hydrogens (tertiary/aromatic N) is 3. The molecule has 0 saturated carbocycles. The number of nitriles is 1. The maximum atomic E-state index is 9.29. The number of aliphatic hydroxyl groups excluding tert-OH is 1. The molecule has 1 aromatic rings. The molecule has 1 atom stereocenters. The minimum absolute atomic E-state index is 0.0533. The molecule has 12 heavy (non-hydrogen) atoms. The Morgan fingerprint density at radius 1 is 1.58 bits per heavy atom. The first-order chi connectivity index (χ1) is 5.74. The highest BCUT2D eigenvalue weighted by Crippen LogP contribution is 2.11. The summed E-state index contributed by atoms with van der Waals surface area (Å²) in [5.74, 6) is 0. The first kappa shape index (κ1) is 8.62. The summed E-state index contributed by atoms with van der Waals surface area (Å²) in [4.78, 5) is 7.88. The van der Waals surface area contributed by atoms with Gasteiger partial charge in [0, 0.05) is 6.20 Å². The van der Waals surface area contributed by atoms with E-state index in [1.807, 2.05) is 13.0 Å². The number of aromatic nitrogens is 2. The van der Waals surface area contributed by atoms with Gasteiger partial charge in [0.05, 0.1) is 30.1 Å². The zero-order valence-electron chi connectivity index (χ0n) is 6.73. The van der Waals surface area contributed by atoms with Crippen molar-refractivity contribution in [1.29, 1.82) is 5.26 Å². The van der Waals surface area contributed by atoms with Crippen molar-refractivity contribution in [3.63, 3.8) is 0 Å². The van der Waals surface area contributed by atoms with Crippen LogP contribution in [0.25, 0.3) is 0 Å². The molecule has 0 aliphatic carbocycles. The Balaban J connectivity index is 2.76. The molecule has 0 fully saturated rings. The number of hydrogen-bond acceptors (Lipinski definition) is 4. The van der Waals surface area contributed by atoms with Crippen LogP contribution in [0.1, 0.15) is 23.9 Å². The van der Waals surface area contributed by atoms with E-state index in [2.05, 4.69) is 9.97 Å². The van der Waals surface area contributed by atoms with E-state index in [0.29, 0.717) is 5.69 Å². The minimum atomic E-state index is -0.817. The smallest absolute Gasteiger partial charge is 0.110 e. The summed E-state index contributed by atoms with van der Waals surface area (Å²) in [6.07, 6.45) is 2.29. The van der Waals surface area contributed by atoms with Crippen molar-refractivity contribution in [2.45, 2.75) is 19.4 Å². The molecule has 0 amide bonds. The van der Waals surface area contributed by atoms with Gasteiger partial charge in [0.2, 0.25) is 0 Å². The minimum Gasteiger partial charge on any atom is -0.386 e. The maximum Gasteiger partial charge on any atom is 0.110 e. The number of hydrogen-bond donors (Lipinski definition) is 1. The third-order valence-corrected chi connectivity index (χ3v) is 1.43. The van der Waals surface area contributed by atoms with Gasteiger partial charge >= 0.3 is 0 Å². The highest BCUT2D eigenvalue weighted by Gasteiger charge is 2.07. The molecule has 0 bridgehead atoms. The van der Waals surface area contributed by atoms with Crippen LogP contribution in [0.3, 0.4) is 0 Å². The molecule has 62 valence electrons. The molecular formula is C8H9N3O. The molecule has 0 radical (unpaired) electrons. The van der Waals surface area contributed by atoms with Crippen LogP contribution in [0.5, 0.6) is 0 Å². The van der Waals surface area contributed by atoms with Gasteiger partial charge in [-0.2, -0.15) is 5.26 Å². The Morgan fingerprint density at radius 3 is 2.83 bits per heavy atom. The summed E-state index contributed by atoms with van der Waals surface area (Å²) >= 11 is 0. The summed E-state index contributed by atoms with van der Waals surface area (Å²) in [5.41, 5.74) is 1.24. The third-order valence-electron chi connectivity index (χ3n) is 1.43. The van der Waals surface area contributed by atoms with E-state index in [1.54, 1.807) is 6.20 Å². The Kier molecular flexibility index (Phi) is 2.72. The third kappa shape index (κ3) is 2.01. The summed E-state index contributed by atoms with van der Waals surface area (Å²) in [6, 6.07) is 1.86. The van der Waals surface area contributed by atoms with Crippen LogP contribution < -0.4 is 0 Å². The van der Waals surface area contributed by atoms with Crippen molar-refractivity contribution in [1.82, 2.24) is 9.97 Å². The van der Waals surface area contributed by atoms with E-state index in [-0.39, 0.29) is 6.42 Å². The number of aliphatic hydroxyl groups is 1. The molecule has 0 aromatic carbocycles. The Labute approximate surface area is 70.5 Å². The van der Waals surface area contributed by atoms with Crippen LogP contribution in [0.2, 0.25) is 0 Å². The highest BCUT2D eigenvalue weighted by atomic mass is 16.3. The Hall–Kier alpha value is -1.47. The topological polar surface area (TPSA) is 69.8 Å². The van der Waals surface area contributed by atoms with Crippen molar-refractivity contribution in [2.24, 2.45) is 0 Å². The van der Waals surface area contributed by atoms with Gasteiger partial charge in [-0.25, -0.2) is 0 Å². The molecule has 1 N–H and O–H groups in total. The van der Waals surface area contributed by atoms with E-state index < -0.39 is 6.10 Å². The predicted molar refractivity (Wildman–Crippen MR) is 42.0 cm³/mol. The predicted octanol–water partition coefficient (Wildman–Crippen LogP) is 0.732. The van der Waals surface area contributed by atoms with E-state index in [0.717, 1.165) is 5.69 Å². The van der Waals surface area contributed by atoms with Crippen LogP contribution in [0, 0.1) is 18.3 Å². The monoisotopic (exact) mass is 163 g/mol. The fourth-order valence-electron chi connectivity index (χ4n) is 0.766. The van der Waals surface area contributed by atoms with Crippen molar-refractivity contribution in [2.75, 3.05) is 0 Å². The fourth-order valence-corrected chi connectivity index (χ4v) is 0.766. The normalized spacial score (nSPS) is 12.1. The second kappa shape index (κ2) is 3.79. The van der Waals surface area contributed by atoms with E-state index >= 15 is 0 Å². The first-order valence-corrected chi connectivity index (χ1v) is 3.57. The summed E-state index contributed by atoms with van der Waals surface area (Å²) < 4.78 is 0. The van der Waals surface area contributed by atoms with Crippen LogP contribution in [0.4, 0.5) is 0 Å². The van der Waals surface area contributed by atoms with Gasteiger partial charge in [0.15, 0.2) is 0 Å². The Bertz CT molecular complexity index is 288. The van der Waals surface area contributed by atoms with Gasteiger partial charge in [-0.15, -0.1) is 0 Å². The molecule has 1 unspecified atom stereocenters. The summed E-state index contributed by atoms with van der Waals surface area (Å²) in [7, 11) is 0. The molecule has 1 rings (SSSR count). The van der Waals surface area contributed by atoms with Crippen LogP contribution in [-0.2, 0) is 0 Å². The zero-order valence-corrected chi connectivity index (χ0v) is 6.73. The molecule has 0 aliphatic heterocycles. The average molecular weight is 163 g/mol. The fraction of sp³-hybridized carbons (Fsp3) is 0.375. The number of rotatable bonds is 2. The summed E-state index contributed by atoms with van der Waals surface area (Å²) in [6.45, 7) is 1.81. The van der Waals surface area contributed by atoms with E-state index in [4.69, 9.17) is 5.26 Å². The van der Waals surface area contributed by atoms with Crippen LogP contribution in [-0.4, -0.2) is 15.1 Å². The lowest BCUT2D eigenvalue weighted by molar-refractivity contribution is 0.178. The maximum absolute atomic E-state index is 9.29. The van der Waals surface area contributed by atoms with Crippen LogP contribution in [0.15, 0.2) is 12.4 Å². The van der Waals surface area contributed by atoms with Crippen molar-refractivity contribution < 1.29 is 5.11 Å². The lowest BCUT2D eigenvalue weighted by atomic mass is 10.2. The van der Waals surface area contributed by atoms with Gasteiger partial charge in [-0.05, 0) is 6.92 Å². The molecule has 0 aliphatic rings. The molecular weight excluding hydrogens is 154 g/mol. The SMILES string of the molecule is Cc1cnc(C(O)CC#N)cn1. The average Bonchev–Trinajstić information content (AvgIpc) is 2.06. The second-order valence-corrected chi connectivity index (χ2v) is 2.46. The van der Waals surface area contributed by atoms with Crippen LogP contribution >= 0.6 is 0 Å². The lowest BCUT2D eigenvalue weighted by Gasteiger charge is -2.03. The standard InChI is InChI=1S/C8H9N3O/c1-6-4-11-7(5-10-6)8(12)2-3-9/h4-5,8,12H,2H2,1H3. The van der Waals surface area contributed by atoms with Crippen molar-refractivity contribution in [3.05, 3.63) is 23.8 Å². The van der Waals surface area contributed by atoms with E-state index in [1.165, 1.54) is 6.20 Å². The molecule has 1 heterocycles. The van der Waals surface area contributed by atoms with Crippen molar-refractivity contribution >= 4 is 0 Å². The largest absolute Gasteiger partial charge is 0.386 e. The zero-order chi connectivity index (χ0) is 8.97. The first-order valence-electron chi connectivity index (χ1n) is 3.57.